The first kappa shape index (κ1) is 25.4. The van der Waals surface area contributed by atoms with Crippen LogP contribution < -0.4 is 4.74 Å². The Bertz CT molecular complexity index is 983. The summed E-state index contributed by atoms with van der Waals surface area (Å²) < 4.78 is 25.1. The number of halogens is 1. The second-order valence-electron chi connectivity index (χ2n) is 8.08. The van der Waals surface area contributed by atoms with E-state index in [1.807, 2.05) is 0 Å². The Labute approximate surface area is 200 Å². The largest absolute Gasteiger partial charge is 0.466 e. The van der Waals surface area contributed by atoms with Crippen LogP contribution in [0, 0.1) is 5.82 Å². The molecule has 34 heavy (non-hydrogen) atoms. The maximum Gasteiger partial charge on any atom is 0.307 e. The number of amides is 1. The first-order valence-electron chi connectivity index (χ1n) is 11.7. The third kappa shape index (κ3) is 7.38. The van der Waals surface area contributed by atoms with Crippen LogP contribution in [0.15, 0.2) is 48.8 Å². The molecule has 1 aromatic carbocycles. The molecule has 3 rings (SSSR count). The van der Waals surface area contributed by atoms with Crippen molar-refractivity contribution in [1.29, 1.82) is 0 Å². The van der Waals surface area contributed by atoms with Gasteiger partial charge >= 0.3 is 5.97 Å². The normalized spacial score (nSPS) is 16.0. The molecule has 0 saturated carbocycles. The smallest absolute Gasteiger partial charge is 0.307 e. The highest BCUT2D eigenvalue weighted by Gasteiger charge is 2.26. The van der Waals surface area contributed by atoms with Crippen LogP contribution in [0.25, 0.3) is 6.08 Å². The van der Waals surface area contributed by atoms with Gasteiger partial charge in [-0.3, -0.25) is 19.5 Å². The molecule has 182 valence electrons. The molecule has 0 N–H and O–H groups in total. The number of pyridine rings is 1. The van der Waals surface area contributed by atoms with Crippen LogP contribution in [0.5, 0.6) is 11.5 Å². The molecule has 1 atom stereocenters. The van der Waals surface area contributed by atoms with E-state index < -0.39 is 5.82 Å². The number of aromatic nitrogens is 1. The predicted molar refractivity (Wildman–Crippen MR) is 128 cm³/mol. The SMILES string of the molecule is CCOC(=O)CCN(CC1CCCN1CC)C(=O)/C=C/c1ccc(Oc2cccnc2)c(F)c1. The summed E-state index contributed by atoms with van der Waals surface area (Å²) in [5, 5.41) is 0. The van der Waals surface area contributed by atoms with Gasteiger partial charge < -0.3 is 14.4 Å². The second kappa shape index (κ2) is 12.8. The van der Waals surface area contributed by atoms with Gasteiger partial charge in [-0.1, -0.05) is 13.0 Å². The van der Waals surface area contributed by atoms with Crippen molar-refractivity contribution < 1.29 is 23.5 Å². The topological polar surface area (TPSA) is 72.0 Å². The van der Waals surface area contributed by atoms with E-state index in [4.69, 9.17) is 9.47 Å². The fourth-order valence-electron chi connectivity index (χ4n) is 4.03. The number of ether oxygens (including phenoxy) is 2. The molecule has 8 heteroatoms. The summed E-state index contributed by atoms with van der Waals surface area (Å²) in [6, 6.07) is 8.17. The van der Waals surface area contributed by atoms with Crippen LogP contribution in [0.1, 0.15) is 38.7 Å². The summed E-state index contributed by atoms with van der Waals surface area (Å²) in [5.41, 5.74) is 0.533. The first-order valence-corrected chi connectivity index (χ1v) is 11.7. The number of carbonyl (C=O) groups is 2. The van der Waals surface area contributed by atoms with Gasteiger partial charge in [-0.15, -0.1) is 0 Å². The van der Waals surface area contributed by atoms with Crippen molar-refractivity contribution in [3.63, 3.8) is 0 Å². The summed E-state index contributed by atoms with van der Waals surface area (Å²) in [4.78, 5) is 32.8. The van der Waals surface area contributed by atoms with Crippen molar-refractivity contribution in [2.24, 2.45) is 0 Å². The Hall–Kier alpha value is -3.26. The molecule has 7 nitrogen and oxygen atoms in total. The van der Waals surface area contributed by atoms with E-state index >= 15 is 0 Å². The van der Waals surface area contributed by atoms with E-state index in [2.05, 4.69) is 16.8 Å². The molecule has 1 fully saturated rings. The van der Waals surface area contributed by atoms with Crippen molar-refractivity contribution in [1.82, 2.24) is 14.8 Å². The van der Waals surface area contributed by atoms with Gasteiger partial charge in [-0.2, -0.15) is 0 Å². The number of esters is 1. The van der Waals surface area contributed by atoms with E-state index in [0.717, 1.165) is 25.9 Å². The van der Waals surface area contributed by atoms with Crippen LogP contribution in [-0.2, 0) is 14.3 Å². The molecule has 2 aromatic rings. The Kier molecular flexibility index (Phi) is 9.58. The van der Waals surface area contributed by atoms with Crippen LogP contribution >= 0.6 is 0 Å². The number of likely N-dealkylation sites (N-methyl/N-ethyl adjacent to an activating group) is 1. The molecule has 0 aliphatic carbocycles. The highest BCUT2D eigenvalue weighted by molar-refractivity contribution is 5.92. The molecular weight excluding hydrogens is 437 g/mol. The van der Waals surface area contributed by atoms with Gasteiger partial charge in [0.25, 0.3) is 0 Å². The fraction of sp³-hybridized carbons (Fsp3) is 0.423. The molecular formula is C26H32FN3O4. The van der Waals surface area contributed by atoms with E-state index in [9.17, 15) is 14.0 Å². The maximum atomic E-state index is 14.5. The van der Waals surface area contributed by atoms with E-state index in [0.29, 0.717) is 24.5 Å². The lowest BCUT2D eigenvalue weighted by atomic mass is 10.1. The van der Waals surface area contributed by atoms with Crippen LogP contribution in [0.2, 0.25) is 0 Å². The van der Waals surface area contributed by atoms with Gasteiger partial charge in [0, 0.05) is 31.4 Å². The standard InChI is InChI=1S/C26H32FN3O4/c1-3-29-15-6-7-21(29)19-30(16-13-26(32)33-4-2)25(31)12-10-20-9-11-24(23(27)17-20)34-22-8-5-14-28-18-22/h5,8-12,14,17-18,21H,3-4,6-7,13,15-16,19H2,1-2H3/b12-10+. The van der Waals surface area contributed by atoms with E-state index in [1.165, 1.54) is 24.4 Å². The van der Waals surface area contributed by atoms with Gasteiger partial charge in [0.1, 0.15) is 5.75 Å². The zero-order valence-electron chi connectivity index (χ0n) is 19.8. The highest BCUT2D eigenvalue weighted by atomic mass is 19.1. The van der Waals surface area contributed by atoms with Gasteiger partial charge in [-0.05, 0) is 68.8 Å². The minimum atomic E-state index is -0.540. The molecule has 1 aliphatic rings. The number of hydrogen-bond acceptors (Lipinski definition) is 6. The number of nitrogens with zero attached hydrogens (tertiary/aromatic N) is 3. The molecule has 1 saturated heterocycles. The molecule has 1 aromatic heterocycles. The Balaban J connectivity index is 1.67. The number of benzene rings is 1. The monoisotopic (exact) mass is 469 g/mol. The molecule has 1 aliphatic heterocycles. The summed E-state index contributed by atoms with van der Waals surface area (Å²) in [5.74, 6) is -0.571. The molecule has 0 bridgehead atoms. The van der Waals surface area contributed by atoms with Gasteiger partial charge in [0.15, 0.2) is 11.6 Å². The van der Waals surface area contributed by atoms with E-state index in [1.54, 1.807) is 42.3 Å². The zero-order chi connectivity index (χ0) is 24.3. The van der Waals surface area contributed by atoms with Crippen molar-refractivity contribution in [3.8, 4) is 11.5 Å². The quantitative estimate of drug-likeness (QED) is 0.361. The third-order valence-corrected chi connectivity index (χ3v) is 5.78. The average Bonchev–Trinajstić information content (AvgIpc) is 3.29. The number of carbonyl (C=O) groups excluding carboxylic acids is 2. The molecule has 1 amide bonds. The zero-order valence-corrected chi connectivity index (χ0v) is 19.8. The predicted octanol–water partition coefficient (Wildman–Crippen LogP) is 4.29. The maximum absolute atomic E-state index is 14.5. The third-order valence-electron chi connectivity index (χ3n) is 5.78. The van der Waals surface area contributed by atoms with E-state index in [-0.39, 0.29) is 36.6 Å². The van der Waals surface area contributed by atoms with Gasteiger partial charge in [0.2, 0.25) is 5.91 Å². The molecule has 0 radical (unpaired) electrons. The highest BCUT2D eigenvalue weighted by Crippen LogP contribution is 2.25. The number of hydrogen-bond donors (Lipinski definition) is 0. The minimum absolute atomic E-state index is 0.0773. The van der Waals surface area contributed by atoms with Crippen molar-refractivity contribution in [2.75, 3.05) is 32.8 Å². The van der Waals surface area contributed by atoms with Gasteiger partial charge in [0.05, 0.1) is 19.2 Å². The Morgan fingerprint density at radius 2 is 2.15 bits per heavy atom. The molecule has 1 unspecified atom stereocenters. The van der Waals surface area contributed by atoms with Crippen LogP contribution in [-0.4, -0.2) is 65.5 Å². The summed E-state index contributed by atoms with van der Waals surface area (Å²) in [6.45, 7) is 6.94. The van der Waals surface area contributed by atoms with Gasteiger partial charge in [-0.25, -0.2) is 4.39 Å². The first-order chi connectivity index (χ1) is 16.5. The minimum Gasteiger partial charge on any atom is -0.466 e. The number of likely N-dealkylation sites (tertiary alicyclic amines) is 1. The summed E-state index contributed by atoms with van der Waals surface area (Å²) >= 11 is 0. The second-order valence-corrected chi connectivity index (χ2v) is 8.08. The van der Waals surface area contributed by atoms with Crippen molar-refractivity contribution in [2.45, 2.75) is 39.2 Å². The molecule has 0 spiro atoms. The van der Waals surface area contributed by atoms with Crippen molar-refractivity contribution >= 4 is 18.0 Å². The summed E-state index contributed by atoms with van der Waals surface area (Å²) in [6.07, 6.45) is 8.36. The lowest BCUT2D eigenvalue weighted by Gasteiger charge is -2.29. The lowest BCUT2D eigenvalue weighted by molar-refractivity contribution is -0.143. The lowest BCUT2D eigenvalue weighted by Crippen LogP contribution is -2.43. The Morgan fingerprint density at radius 3 is 2.85 bits per heavy atom. The van der Waals surface area contributed by atoms with Crippen molar-refractivity contribution in [3.05, 3.63) is 60.2 Å². The fourth-order valence-corrected chi connectivity index (χ4v) is 4.03. The Morgan fingerprint density at radius 1 is 1.29 bits per heavy atom. The molecule has 2 heterocycles. The number of rotatable bonds is 11. The summed E-state index contributed by atoms with van der Waals surface area (Å²) in [7, 11) is 0. The average molecular weight is 470 g/mol. The van der Waals surface area contributed by atoms with Crippen LogP contribution in [0.3, 0.4) is 0 Å². The van der Waals surface area contributed by atoms with Crippen LogP contribution in [0.4, 0.5) is 4.39 Å².